The lowest BCUT2D eigenvalue weighted by atomic mass is 10.0. The number of carbonyl (C=O) groups is 1. The number of likely N-dealkylation sites (N-methyl/N-ethyl adjacent to an activating group) is 1. The van der Waals surface area contributed by atoms with Gasteiger partial charge < -0.3 is 14.4 Å². The maximum absolute atomic E-state index is 15.1. The lowest BCUT2D eigenvalue weighted by Gasteiger charge is -2.28. The van der Waals surface area contributed by atoms with Crippen LogP contribution < -0.4 is 5.56 Å². The van der Waals surface area contributed by atoms with Gasteiger partial charge in [-0.05, 0) is 78.1 Å². The van der Waals surface area contributed by atoms with Crippen molar-refractivity contribution in [1.82, 2.24) is 19.4 Å². The Kier molecular flexibility index (Phi) is 5.53. The van der Waals surface area contributed by atoms with Gasteiger partial charge in [-0.1, -0.05) is 80.9 Å². The summed E-state index contributed by atoms with van der Waals surface area (Å²) in [5, 5.41) is -1.15. The molecule has 11 heteroatoms. The van der Waals surface area contributed by atoms with Gasteiger partial charge in [-0.3, -0.25) is 9.59 Å². The fraction of sp³-hybridized carbons (Fsp3) is 0.378. The second-order valence-corrected chi connectivity index (χ2v) is 10.7. The van der Waals surface area contributed by atoms with E-state index in [1.165, 1.54) is 0 Å². The summed E-state index contributed by atoms with van der Waals surface area (Å²) in [6, 6.07) is -7.19. The first-order valence-corrected chi connectivity index (χ1v) is 14.8. The standard InChI is InChI=1S/C37H40F4N4O2S/c1-4-43(5-2)18-19-44(22-26-6-10-28(11-7-26)29-12-14-30(15-13-29)37(39,40)41)34(46)23-45-33-21-25(3)20-32(33)35(47)42-36(45)48-24-27-8-16-31(38)17-9-27/h6-17,25H,4-5,18-24H2,1-3H3/i4D2,5D2,6D,7D,10D,11D,12D,13D,14D,15D,20D2,21D2,23D2,24D2,25D. The molecule has 5 rings (SSSR count). The number of aromatic nitrogens is 2. The van der Waals surface area contributed by atoms with Crippen molar-refractivity contribution in [3.05, 3.63) is 117 Å². The van der Waals surface area contributed by atoms with Crippen LogP contribution in [0.3, 0.4) is 0 Å². The highest BCUT2D eigenvalue weighted by molar-refractivity contribution is 7.98. The number of amides is 1. The Morgan fingerprint density at radius 3 is 2.25 bits per heavy atom. The van der Waals surface area contributed by atoms with Crippen molar-refractivity contribution in [3.63, 3.8) is 0 Å². The van der Waals surface area contributed by atoms with Crippen molar-refractivity contribution >= 4 is 17.7 Å². The van der Waals surface area contributed by atoms with E-state index >= 15 is 4.79 Å². The zero-order valence-electron chi connectivity index (χ0n) is 46.5. The topological polar surface area (TPSA) is 58.4 Å². The highest BCUT2D eigenvalue weighted by Gasteiger charge is 2.30. The van der Waals surface area contributed by atoms with Gasteiger partial charge in [-0.25, -0.2) is 4.39 Å². The van der Waals surface area contributed by atoms with Crippen LogP contribution in [0.5, 0.6) is 0 Å². The molecule has 6 nitrogen and oxygen atoms in total. The van der Waals surface area contributed by atoms with Gasteiger partial charge in [0.25, 0.3) is 5.56 Å². The number of alkyl halides is 3. The number of hydrogen-bond acceptors (Lipinski definition) is 5. The molecule has 3 aromatic carbocycles. The molecule has 1 amide bonds. The molecule has 1 aliphatic carbocycles. The quantitative estimate of drug-likeness (QED) is 0.0823. The van der Waals surface area contributed by atoms with Gasteiger partial charge >= 0.3 is 6.18 Å². The smallest absolute Gasteiger partial charge is 0.336 e. The minimum Gasteiger partial charge on any atom is -0.336 e. The van der Waals surface area contributed by atoms with E-state index in [-0.39, 0.29) is 21.9 Å². The molecular weight excluding hydrogens is 640 g/mol. The monoisotopic (exact) mass is 701 g/mol. The minimum atomic E-state index is -5.41. The second-order valence-electron chi connectivity index (χ2n) is 9.88. The van der Waals surface area contributed by atoms with E-state index in [2.05, 4.69) is 4.98 Å². The fourth-order valence-electron chi connectivity index (χ4n) is 4.21. The molecule has 0 bridgehead atoms. The predicted octanol–water partition coefficient (Wildman–Crippen LogP) is 7.47. The van der Waals surface area contributed by atoms with Crippen LogP contribution in [0.1, 0.15) is 77.5 Å². The lowest BCUT2D eigenvalue weighted by molar-refractivity contribution is -0.137. The predicted molar refractivity (Wildman–Crippen MR) is 181 cm³/mol. The van der Waals surface area contributed by atoms with Crippen molar-refractivity contribution in [2.24, 2.45) is 5.89 Å². The molecule has 1 atom stereocenters. The Morgan fingerprint density at radius 2 is 1.65 bits per heavy atom. The Balaban J connectivity index is 1.81. The molecular formula is C37H40F4N4O2S. The van der Waals surface area contributed by atoms with E-state index in [0.29, 0.717) is 9.80 Å². The number of hydrogen-bond donors (Lipinski definition) is 0. The molecule has 0 saturated heterocycles. The van der Waals surface area contributed by atoms with Crippen molar-refractivity contribution < 1.29 is 51.1 Å². The van der Waals surface area contributed by atoms with Gasteiger partial charge in [0.15, 0.2) is 5.16 Å². The van der Waals surface area contributed by atoms with Crippen LogP contribution in [0.25, 0.3) is 11.1 Å². The van der Waals surface area contributed by atoms with Gasteiger partial charge in [0.2, 0.25) is 5.91 Å². The van der Waals surface area contributed by atoms with Crippen LogP contribution in [0.15, 0.2) is 82.6 Å². The zero-order valence-corrected chi connectivity index (χ0v) is 26.3. The van der Waals surface area contributed by atoms with Gasteiger partial charge in [0.05, 0.1) is 19.3 Å². The number of halogens is 4. The maximum Gasteiger partial charge on any atom is 0.416 e. The first-order chi connectivity index (χ1) is 31.0. The molecule has 0 fully saturated rings. The summed E-state index contributed by atoms with van der Waals surface area (Å²) in [6.45, 7) is -9.71. The van der Waals surface area contributed by atoms with E-state index < -0.39 is 174 Å². The summed E-state index contributed by atoms with van der Waals surface area (Å²) in [5.74, 6) is -5.75. The summed E-state index contributed by atoms with van der Waals surface area (Å²) in [7, 11) is 0. The third-order valence-electron chi connectivity index (χ3n) is 6.60. The number of benzene rings is 3. The summed E-state index contributed by atoms with van der Waals surface area (Å²) >= 11 is -0.123. The van der Waals surface area contributed by atoms with Crippen LogP contribution in [0, 0.1) is 11.7 Å². The number of nitrogens with zero attached hydrogens (tertiary/aromatic N) is 4. The summed E-state index contributed by atoms with van der Waals surface area (Å²) in [4.78, 5) is 33.4. The molecule has 1 aliphatic rings. The van der Waals surface area contributed by atoms with Crippen LogP contribution in [-0.2, 0) is 42.5 Å². The van der Waals surface area contributed by atoms with Crippen molar-refractivity contribution in [3.8, 4) is 11.1 Å². The Bertz CT molecular complexity index is 2730. The van der Waals surface area contributed by atoms with Gasteiger partial charge in [0, 0.05) is 51.7 Å². The second kappa shape index (κ2) is 15.5. The van der Waals surface area contributed by atoms with E-state index in [1.807, 2.05) is 0 Å². The molecule has 254 valence electrons. The number of thioether (sulfide) groups is 1. The number of rotatable bonds is 13. The van der Waals surface area contributed by atoms with Gasteiger partial charge in [-0.2, -0.15) is 18.2 Å². The van der Waals surface area contributed by atoms with Gasteiger partial charge in [-0.15, -0.1) is 0 Å². The van der Waals surface area contributed by atoms with Crippen LogP contribution in [-0.4, -0.2) is 51.3 Å². The van der Waals surface area contributed by atoms with E-state index in [0.717, 1.165) is 45.0 Å². The molecule has 0 radical (unpaired) electrons. The minimum absolute atomic E-state index is 0.0316. The fourth-order valence-corrected chi connectivity index (χ4v) is 4.91. The lowest BCUT2D eigenvalue weighted by Crippen LogP contribution is -2.40. The Labute approximate surface area is 312 Å². The largest absolute Gasteiger partial charge is 0.416 e. The first-order valence-electron chi connectivity index (χ1n) is 24.5. The van der Waals surface area contributed by atoms with Crippen molar-refractivity contribution in [2.75, 3.05) is 26.1 Å². The molecule has 1 heterocycles. The molecule has 1 unspecified atom stereocenters. The highest BCUT2D eigenvalue weighted by Crippen LogP contribution is 2.32. The first kappa shape index (κ1) is 17.1. The average Bonchev–Trinajstić information content (AvgIpc) is 3.29. The Hall–Kier alpha value is -3.96. The third kappa shape index (κ3) is 8.73. The van der Waals surface area contributed by atoms with Gasteiger partial charge in [0.1, 0.15) is 12.3 Å². The summed E-state index contributed by atoms with van der Waals surface area (Å²) < 4.78 is 237. The summed E-state index contributed by atoms with van der Waals surface area (Å²) in [6.07, 6.45) is -12.2. The van der Waals surface area contributed by atoms with Crippen LogP contribution in [0.2, 0.25) is 0 Å². The van der Waals surface area contributed by atoms with Crippen LogP contribution >= 0.6 is 11.8 Å². The molecule has 4 aromatic rings. The maximum atomic E-state index is 15.1. The third-order valence-corrected chi connectivity index (χ3v) is 7.39. The number of carbonyl (C=O) groups excluding carboxylic acids is 1. The van der Waals surface area contributed by atoms with Crippen LogP contribution in [0.4, 0.5) is 17.6 Å². The molecule has 0 N–H and O–H groups in total. The zero-order chi connectivity index (χ0) is 53.1. The van der Waals surface area contributed by atoms with E-state index in [9.17, 15) is 25.1 Å². The Morgan fingerprint density at radius 1 is 1.02 bits per heavy atom. The molecule has 48 heavy (non-hydrogen) atoms. The number of fused-ring (bicyclic) bond motifs is 1. The molecule has 0 spiro atoms. The molecule has 1 aromatic heterocycles. The average molecular weight is 702 g/mol. The van der Waals surface area contributed by atoms with E-state index in [4.69, 9.17) is 26.0 Å². The van der Waals surface area contributed by atoms with Crippen molar-refractivity contribution in [1.29, 1.82) is 0 Å². The SMILES string of the molecule is [2H]c1c([2H])c(-c2c([2H])c([2H])c(C(F)(F)F)c([2H])c2[2H])c([2H])c([2H])c1CN(CCN(C([2H])([2H])C)C([2H])([2H])C)C(=O)C([2H])([2H])n1c(SC([2H])([2H])c2ccc(F)cc2)nc(=O)c2c1C([2H])([2H])C([2H])(C)C2([2H])[2H]. The highest BCUT2D eigenvalue weighted by atomic mass is 32.2. The molecule has 0 saturated carbocycles. The van der Waals surface area contributed by atoms with Crippen molar-refractivity contribution in [2.45, 2.75) is 63.6 Å². The molecule has 0 aliphatic heterocycles. The summed E-state index contributed by atoms with van der Waals surface area (Å²) in [5.41, 5.74) is -12.3. The normalized spacial score (nSPS) is 25.5. The van der Waals surface area contributed by atoms with E-state index in [1.54, 1.807) is 0 Å².